The van der Waals surface area contributed by atoms with Gasteiger partial charge < -0.3 is 9.84 Å². The third-order valence-electron chi connectivity index (χ3n) is 3.70. The van der Waals surface area contributed by atoms with Gasteiger partial charge in [-0.2, -0.15) is 4.98 Å². The monoisotopic (exact) mass is 271 g/mol. The molecule has 1 aromatic rings. The van der Waals surface area contributed by atoms with Crippen LogP contribution in [-0.2, 0) is 9.84 Å². The minimum atomic E-state index is -2.90. The van der Waals surface area contributed by atoms with E-state index in [9.17, 15) is 8.42 Å². The molecule has 1 N–H and O–H groups in total. The van der Waals surface area contributed by atoms with Crippen molar-refractivity contribution in [3.8, 4) is 0 Å². The van der Waals surface area contributed by atoms with E-state index in [2.05, 4.69) is 15.5 Å². The molecule has 2 atom stereocenters. The van der Waals surface area contributed by atoms with Crippen molar-refractivity contribution in [1.82, 2.24) is 15.5 Å². The molecule has 2 aliphatic heterocycles. The third kappa shape index (κ3) is 2.42. The molecule has 0 saturated carbocycles. The average Bonchev–Trinajstić information content (AvgIpc) is 2.96. The van der Waals surface area contributed by atoms with Crippen molar-refractivity contribution < 1.29 is 12.9 Å². The fraction of sp³-hybridized carbons (Fsp3) is 0.818. The van der Waals surface area contributed by atoms with Crippen LogP contribution in [-0.4, -0.2) is 43.2 Å². The van der Waals surface area contributed by atoms with E-state index in [4.69, 9.17) is 4.52 Å². The Kier molecular flexibility index (Phi) is 3.11. The largest absolute Gasteiger partial charge is 0.339 e. The smallest absolute Gasteiger partial charge is 0.230 e. The highest BCUT2D eigenvalue weighted by Gasteiger charge is 2.33. The summed E-state index contributed by atoms with van der Waals surface area (Å²) in [6.45, 7) is 1.92. The number of sulfone groups is 1. The minimum absolute atomic E-state index is 0.104. The van der Waals surface area contributed by atoms with Gasteiger partial charge in [0.15, 0.2) is 15.7 Å². The molecule has 0 aromatic carbocycles. The summed E-state index contributed by atoms with van der Waals surface area (Å²) < 4.78 is 28.1. The summed E-state index contributed by atoms with van der Waals surface area (Å²) in [4.78, 5) is 4.40. The molecule has 1 aromatic heterocycles. The topological polar surface area (TPSA) is 85.1 Å². The van der Waals surface area contributed by atoms with Gasteiger partial charge in [-0.25, -0.2) is 8.42 Å². The van der Waals surface area contributed by atoms with Crippen molar-refractivity contribution in [3.63, 3.8) is 0 Å². The molecule has 7 heteroatoms. The molecule has 2 unspecified atom stereocenters. The molecule has 2 saturated heterocycles. The fourth-order valence-electron chi connectivity index (χ4n) is 2.64. The van der Waals surface area contributed by atoms with Crippen molar-refractivity contribution >= 4 is 9.84 Å². The number of nitrogens with zero attached hydrogens (tertiary/aromatic N) is 2. The summed E-state index contributed by atoms with van der Waals surface area (Å²) in [5, 5.41) is 7.32. The zero-order valence-electron chi connectivity index (χ0n) is 10.1. The maximum Gasteiger partial charge on any atom is 0.230 e. The number of aromatic nitrogens is 2. The predicted molar refractivity (Wildman–Crippen MR) is 65.2 cm³/mol. The van der Waals surface area contributed by atoms with Gasteiger partial charge in [0, 0.05) is 12.5 Å². The second-order valence-electron chi connectivity index (χ2n) is 5.13. The Morgan fingerprint density at radius 1 is 1.28 bits per heavy atom. The van der Waals surface area contributed by atoms with Gasteiger partial charge in [-0.1, -0.05) is 5.16 Å². The lowest BCUT2D eigenvalue weighted by molar-refractivity contribution is 0.348. The van der Waals surface area contributed by atoms with Gasteiger partial charge in [-0.15, -0.1) is 0 Å². The molecule has 18 heavy (non-hydrogen) atoms. The van der Waals surface area contributed by atoms with E-state index in [0.29, 0.717) is 18.2 Å². The number of hydrogen-bond donors (Lipinski definition) is 1. The van der Waals surface area contributed by atoms with E-state index in [1.54, 1.807) is 0 Å². The van der Waals surface area contributed by atoms with Crippen molar-refractivity contribution in [3.05, 3.63) is 11.7 Å². The number of nitrogens with one attached hydrogen (secondary N) is 1. The van der Waals surface area contributed by atoms with Crippen LogP contribution in [0.5, 0.6) is 0 Å². The highest BCUT2D eigenvalue weighted by molar-refractivity contribution is 7.91. The molecule has 0 aliphatic carbocycles. The maximum atomic E-state index is 11.4. The van der Waals surface area contributed by atoms with Gasteiger partial charge in [0.1, 0.15) is 0 Å². The van der Waals surface area contributed by atoms with Crippen molar-refractivity contribution in [2.75, 3.05) is 24.6 Å². The van der Waals surface area contributed by atoms with E-state index in [-0.39, 0.29) is 17.4 Å². The Morgan fingerprint density at radius 2 is 2.17 bits per heavy atom. The Balaban J connectivity index is 1.73. The van der Waals surface area contributed by atoms with Crippen LogP contribution in [0.1, 0.15) is 42.8 Å². The van der Waals surface area contributed by atoms with Crippen LogP contribution in [0.15, 0.2) is 4.52 Å². The van der Waals surface area contributed by atoms with E-state index >= 15 is 0 Å². The SMILES string of the molecule is O=S1(=O)CCC(c2nc(C3CCCNC3)no2)C1. The highest BCUT2D eigenvalue weighted by Crippen LogP contribution is 2.29. The fourth-order valence-corrected chi connectivity index (χ4v) is 4.37. The van der Waals surface area contributed by atoms with Crippen LogP contribution in [0, 0.1) is 0 Å². The first-order chi connectivity index (χ1) is 8.64. The molecule has 3 rings (SSSR count). The van der Waals surface area contributed by atoms with Crippen LogP contribution in [0.3, 0.4) is 0 Å². The lowest BCUT2D eigenvalue weighted by atomic mass is 9.99. The molecule has 2 fully saturated rings. The summed E-state index contributed by atoms with van der Waals surface area (Å²) in [6, 6.07) is 0. The molecule has 0 spiro atoms. The van der Waals surface area contributed by atoms with Crippen LogP contribution < -0.4 is 5.32 Å². The summed E-state index contributed by atoms with van der Waals surface area (Å²) >= 11 is 0. The summed E-state index contributed by atoms with van der Waals surface area (Å²) in [6.07, 6.45) is 2.79. The third-order valence-corrected chi connectivity index (χ3v) is 5.47. The van der Waals surface area contributed by atoms with Gasteiger partial charge in [-0.3, -0.25) is 0 Å². The molecular formula is C11H17N3O3S. The van der Waals surface area contributed by atoms with Gasteiger partial charge in [0.05, 0.1) is 17.4 Å². The van der Waals surface area contributed by atoms with Gasteiger partial charge in [0.25, 0.3) is 0 Å². The second-order valence-corrected chi connectivity index (χ2v) is 7.36. The Hall–Kier alpha value is -0.950. The van der Waals surface area contributed by atoms with Gasteiger partial charge in [0.2, 0.25) is 5.89 Å². The van der Waals surface area contributed by atoms with Gasteiger partial charge >= 0.3 is 0 Å². The minimum Gasteiger partial charge on any atom is -0.339 e. The first-order valence-electron chi connectivity index (χ1n) is 6.39. The summed E-state index contributed by atoms with van der Waals surface area (Å²) in [5.41, 5.74) is 0. The molecule has 0 amide bonds. The predicted octanol–water partition coefficient (Wildman–Crippen LogP) is 0.439. The lowest BCUT2D eigenvalue weighted by Crippen LogP contribution is -2.28. The van der Waals surface area contributed by atoms with Gasteiger partial charge in [-0.05, 0) is 25.8 Å². The zero-order valence-corrected chi connectivity index (χ0v) is 10.9. The summed E-state index contributed by atoms with van der Waals surface area (Å²) in [7, 11) is -2.90. The molecule has 2 aliphatic rings. The Bertz CT molecular complexity index is 519. The maximum absolute atomic E-state index is 11.4. The van der Waals surface area contributed by atoms with E-state index < -0.39 is 9.84 Å². The van der Waals surface area contributed by atoms with Crippen LogP contribution in [0.25, 0.3) is 0 Å². The number of rotatable bonds is 2. The highest BCUT2D eigenvalue weighted by atomic mass is 32.2. The van der Waals surface area contributed by atoms with Crippen molar-refractivity contribution in [2.24, 2.45) is 0 Å². The normalized spacial score (nSPS) is 31.6. The average molecular weight is 271 g/mol. The van der Waals surface area contributed by atoms with E-state index in [0.717, 1.165) is 31.8 Å². The quantitative estimate of drug-likeness (QED) is 0.840. The van der Waals surface area contributed by atoms with E-state index in [1.807, 2.05) is 0 Å². The Morgan fingerprint density at radius 3 is 2.83 bits per heavy atom. The second kappa shape index (κ2) is 4.62. The lowest BCUT2D eigenvalue weighted by Gasteiger charge is -2.19. The van der Waals surface area contributed by atoms with E-state index in [1.165, 1.54) is 0 Å². The molecule has 6 nitrogen and oxygen atoms in total. The van der Waals surface area contributed by atoms with Crippen molar-refractivity contribution in [2.45, 2.75) is 31.1 Å². The molecular weight excluding hydrogens is 254 g/mol. The molecule has 100 valence electrons. The molecule has 0 radical (unpaired) electrons. The molecule has 3 heterocycles. The Labute approximate surface area is 106 Å². The number of hydrogen-bond acceptors (Lipinski definition) is 6. The van der Waals surface area contributed by atoms with Crippen LogP contribution in [0.4, 0.5) is 0 Å². The first-order valence-corrected chi connectivity index (χ1v) is 8.21. The summed E-state index contributed by atoms with van der Waals surface area (Å²) in [5.74, 6) is 1.80. The first kappa shape index (κ1) is 12.1. The van der Waals surface area contributed by atoms with Crippen LogP contribution in [0.2, 0.25) is 0 Å². The number of piperidine rings is 1. The standard InChI is InChI=1S/C11H17N3O3S/c15-18(16)5-3-9(7-18)11-13-10(14-17-11)8-2-1-4-12-6-8/h8-9,12H,1-7H2. The molecule has 0 bridgehead atoms. The van der Waals surface area contributed by atoms with Crippen molar-refractivity contribution in [1.29, 1.82) is 0 Å². The van der Waals surface area contributed by atoms with Crippen LogP contribution >= 0.6 is 0 Å². The zero-order chi connectivity index (χ0) is 12.6.